The monoisotopic (exact) mass is 252 g/mol. The van der Waals surface area contributed by atoms with E-state index >= 15 is 0 Å². The molecule has 1 unspecified atom stereocenters. The van der Waals surface area contributed by atoms with Gasteiger partial charge in [-0.25, -0.2) is 4.39 Å². The van der Waals surface area contributed by atoms with Gasteiger partial charge < -0.3 is 4.74 Å². The van der Waals surface area contributed by atoms with Crippen molar-refractivity contribution in [2.24, 2.45) is 0 Å². The van der Waals surface area contributed by atoms with E-state index in [0.29, 0.717) is 13.0 Å². The van der Waals surface area contributed by atoms with Crippen molar-refractivity contribution in [2.45, 2.75) is 46.1 Å². The average Bonchev–Trinajstić information content (AvgIpc) is 2.34. The lowest BCUT2D eigenvalue weighted by molar-refractivity contribution is -0.141. The minimum absolute atomic E-state index is 0.000509. The molecule has 0 radical (unpaired) electrons. The second kappa shape index (κ2) is 6.10. The number of hydrogen-bond donors (Lipinski definition) is 0. The van der Waals surface area contributed by atoms with Gasteiger partial charge in [0.25, 0.3) is 0 Å². The molecule has 1 aromatic rings. The normalized spacial score (nSPS) is 14.3. The first kappa shape index (κ1) is 14.8. The lowest BCUT2D eigenvalue weighted by Gasteiger charge is -2.26. The highest BCUT2D eigenvalue weighted by atomic mass is 19.1. The topological polar surface area (TPSA) is 26.3 Å². The van der Waals surface area contributed by atoms with Crippen molar-refractivity contribution >= 4 is 5.78 Å². The van der Waals surface area contributed by atoms with Crippen LogP contribution in [-0.2, 0) is 16.0 Å². The summed E-state index contributed by atoms with van der Waals surface area (Å²) < 4.78 is 18.7. The molecule has 0 saturated heterocycles. The number of carbonyl (C=O) groups is 1. The van der Waals surface area contributed by atoms with Gasteiger partial charge in [0.05, 0.1) is 0 Å². The van der Waals surface area contributed by atoms with Gasteiger partial charge >= 0.3 is 0 Å². The van der Waals surface area contributed by atoms with Gasteiger partial charge in [-0.3, -0.25) is 4.79 Å². The smallest absolute Gasteiger partial charge is 0.168 e. The highest BCUT2D eigenvalue weighted by Gasteiger charge is 2.31. The summed E-state index contributed by atoms with van der Waals surface area (Å²) in [4.78, 5) is 12.3. The number of rotatable bonds is 6. The van der Waals surface area contributed by atoms with E-state index in [1.165, 1.54) is 12.1 Å². The second-order valence-electron chi connectivity index (χ2n) is 4.69. The van der Waals surface area contributed by atoms with Crippen LogP contribution in [0.2, 0.25) is 0 Å². The van der Waals surface area contributed by atoms with Crippen LogP contribution in [0.3, 0.4) is 0 Å². The Hall–Kier alpha value is -1.22. The third-order valence-corrected chi connectivity index (χ3v) is 3.39. The molecule has 100 valence electrons. The van der Waals surface area contributed by atoms with Crippen molar-refractivity contribution in [2.75, 3.05) is 6.61 Å². The van der Waals surface area contributed by atoms with Gasteiger partial charge in [0.1, 0.15) is 11.4 Å². The van der Waals surface area contributed by atoms with Gasteiger partial charge in [0, 0.05) is 13.0 Å². The first-order chi connectivity index (χ1) is 8.42. The fourth-order valence-corrected chi connectivity index (χ4v) is 1.89. The number of Topliss-reactive ketones (excluding diaryl/α,β-unsaturated/α-hetero) is 1. The molecule has 0 fully saturated rings. The molecule has 0 heterocycles. The molecule has 1 rings (SSSR count). The van der Waals surface area contributed by atoms with Crippen LogP contribution in [0.4, 0.5) is 4.39 Å². The predicted molar refractivity (Wildman–Crippen MR) is 70.2 cm³/mol. The Morgan fingerprint density at radius 2 is 2.06 bits per heavy atom. The number of aryl methyl sites for hydroxylation is 1. The van der Waals surface area contributed by atoms with Crippen molar-refractivity contribution in [1.82, 2.24) is 0 Å². The summed E-state index contributed by atoms with van der Waals surface area (Å²) in [7, 11) is 0. The first-order valence-corrected chi connectivity index (χ1v) is 6.35. The van der Waals surface area contributed by atoms with E-state index in [-0.39, 0.29) is 18.0 Å². The summed E-state index contributed by atoms with van der Waals surface area (Å²) in [6.45, 7) is 7.97. The van der Waals surface area contributed by atoms with Gasteiger partial charge in [0.15, 0.2) is 5.78 Å². The van der Waals surface area contributed by atoms with E-state index in [2.05, 4.69) is 0 Å². The van der Waals surface area contributed by atoms with Crippen LogP contribution >= 0.6 is 0 Å². The molecule has 0 bridgehead atoms. The zero-order chi connectivity index (χ0) is 13.8. The Balaban J connectivity index is 2.89. The molecular formula is C15H21FO2. The van der Waals surface area contributed by atoms with E-state index in [1.807, 2.05) is 20.8 Å². The molecule has 0 aliphatic heterocycles. The van der Waals surface area contributed by atoms with Crippen molar-refractivity contribution in [3.8, 4) is 0 Å². The predicted octanol–water partition coefficient (Wildman–Crippen LogP) is 3.45. The Bertz CT molecular complexity index is 429. The lowest BCUT2D eigenvalue weighted by Crippen LogP contribution is -2.39. The molecule has 0 aromatic heterocycles. The molecule has 0 aliphatic carbocycles. The Kier molecular flexibility index (Phi) is 5.03. The van der Waals surface area contributed by atoms with E-state index in [1.54, 1.807) is 13.0 Å². The summed E-state index contributed by atoms with van der Waals surface area (Å²) in [5, 5.41) is 0. The van der Waals surface area contributed by atoms with Crippen molar-refractivity contribution in [1.29, 1.82) is 0 Å². The maximum atomic E-state index is 13.2. The fourth-order valence-electron chi connectivity index (χ4n) is 1.89. The van der Waals surface area contributed by atoms with Crippen molar-refractivity contribution in [3.63, 3.8) is 0 Å². The van der Waals surface area contributed by atoms with Crippen LogP contribution < -0.4 is 0 Å². The van der Waals surface area contributed by atoms with Crippen molar-refractivity contribution in [3.05, 3.63) is 35.1 Å². The molecule has 3 heteroatoms. The second-order valence-corrected chi connectivity index (χ2v) is 4.69. The summed E-state index contributed by atoms with van der Waals surface area (Å²) in [5.74, 6) is -0.307. The molecule has 1 aromatic carbocycles. The third-order valence-electron chi connectivity index (χ3n) is 3.39. The molecule has 1 atom stereocenters. The van der Waals surface area contributed by atoms with Crippen LogP contribution in [0.25, 0.3) is 0 Å². The molecular weight excluding hydrogens is 231 g/mol. The molecule has 0 N–H and O–H groups in total. The molecule has 0 amide bonds. The van der Waals surface area contributed by atoms with E-state index < -0.39 is 5.60 Å². The lowest BCUT2D eigenvalue weighted by atomic mass is 9.91. The Morgan fingerprint density at radius 1 is 1.39 bits per heavy atom. The number of carbonyl (C=O) groups excluding carboxylic acids is 1. The number of halogens is 1. The van der Waals surface area contributed by atoms with Crippen LogP contribution in [0.15, 0.2) is 18.2 Å². The van der Waals surface area contributed by atoms with E-state index in [0.717, 1.165) is 11.1 Å². The zero-order valence-electron chi connectivity index (χ0n) is 11.5. The van der Waals surface area contributed by atoms with Crippen LogP contribution in [-0.4, -0.2) is 18.0 Å². The first-order valence-electron chi connectivity index (χ1n) is 6.35. The van der Waals surface area contributed by atoms with Gasteiger partial charge in [-0.2, -0.15) is 0 Å². The largest absolute Gasteiger partial charge is 0.368 e. The number of hydrogen-bond acceptors (Lipinski definition) is 2. The maximum absolute atomic E-state index is 13.2. The quantitative estimate of drug-likeness (QED) is 0.775. The molecule has 0 saturated carbocycles. The third kappa shape index (κ3) is 3.39. The minimum atomic E-state index is -0.770. The SMILES string of the molecule is CCOC(C)(CC)C(=O)Cc1cc(F)ccc1C. The van der Waals surface area contributed by atoms with Crippen LogP contribution in [0.1, 0.15) is 38.3 Å². The minimum Gasteiger partial charge on any atom is -0.368 e. The fraction of sp³-hybridized carbons (Fsp3) is 0.533. The summed E-state index contributed by atoms with van der Waals surface area (Å²) in [6.07, 6.45) is 0.835. The van der Waals surface area contributed by atoms with Gasteiger partial charge in [-0.1, -0.05) is 13.0 Å². The number of ether oxygens (including phenoxy) is 1. The summed E-state index contributed by atoms with van der Waals surface area (Å²) >= 11 is 0. The maximum Gasteiger partial charge on any atom is 0.168 e. The van der Waals surface area contributed by atoms with Gasteiger partial charge in [-0.05, 0) is 50.5 Å². The Morgan fingerprint density at radius 3 is 2.61 bits per heavy atom. The van der Waals surface area contributed by atoms with Gasteiger partial charge in [-0.15, -0.1) is 0 Å². The summed E-state index contributed by atoms with van der Waals surface area (Å²) in [5.41, 5.74) is 0.895. The van der Waals surface area contributed by atoms with E-state index in [9.17, 15) is 9.18 Å². The highest BCUT2D eigenvalue weighted by Crippen LogP contribution is 2.21. The van der Waals surface area contributed by atoms with Crippen LogP contribution in [0, 0.1) is 12.7 Å². The zero-order valence-corrected chi connectivity index (χ0v) is 11.5. The number of ketones is 1. The Labute approximate surface area is 108 Å². The van der Waals surface area contributed by atoms with Gasteiger partial charge in [0.2, 0.25) is 0 Å². The molecule has 0 aliphatic rings. The number of benzene rings is 1. The highest BCUT2D eigenvalue weighted by molar-refractivity contribution is 5.89. The molecule has 18 heavy (non-hydrogen) atoms. The summed E-state index contributed by atoms with van der Waals surface area (Å²) in [6, 6.07) is 4.53. The standard InChI is InChI=1S/C15H21FO2/c1-5-15(4,18-6-2)14(17)10-12-9-13(16)8-7-11(12)3/h7-9H,5-6,10H2,1-4H3. The van der Waals surface area contributed by atoms with E-state index in [4.69, 9.17) is 4.74 Å². The molecule has 2 nitrogen and oxygen atoms in total. The average molecular weight is 252 g/mol. The molecule has 0 spiro atoms. The van der Waals surface area contributed by atoms with Crippen molar-refractivity contribution < 1.29 is 13.9 Å². The van der Waals surface area contributed by atoms with Crippen LogP contribution in [0.5, 0.6) is 0 Å².